The van der Waals surface area contributed by atoms with Gasteiger partial charge < -0.3 is 14.2 Å². The van der Waals surface area contributed by atoms with E-state index in [2.05, 4.69) is 63.3 Å². The molecule has 0 radical (unpaired) electrons. The fourth-order valence-corrected chi connectivity index (χ4v) is 7.08. The molecule has 0 aliphatic carbocycles. The molecule has 64 heavy (non-hydrogen) atoms. The first-order valence-corrected chi connectivity index (χ1v) is 26.3. The van der Waals surface area contributed by atoms with Crippen LogP contribution in [0, 0.1) is 0 Å². The summed E-state index contributed by atoms with van der Waals surface area (Å²) in [4.78, 5) is 38.0. The summed E-state index contributed by atoms with van der Waals surface area (Å²) >= 11 is 0. The van der Waals surface area contributed by atoms with Crippen LogP contribution < -0.4 is 0 Å². The molecule has 0 aromatic rings. The first-order valence-electron chi connectivity index (χ1n) is 26.3. The van der Waals surface area contributed by atoms with Crippen LogP contribution in [0.15, 0.2) is 97.2 Å². The van der Waals surface area contributed by atoms with E-state index in [0.717, 1.165) is 83.5 Å². The van der Waals surface area contributed by atoms with Crippen molar-refractivity contribution in [3.8, 4) is 0 Å². The zero-order chi connectivity index (χ0) is 46.5. The van der Waals surface area contributed by atoms with Gasteiger partial charge in [0.05, 0.1) is 0 Å². The Morgan fingerprint density at radius 1 is 0.344 bits per heavy atom. The van der Waals surface area contributed by atoms with E-state index in [1.807, 2.05) is 54.7 Å². The fourth-order valence-electron chi connectivity index (χ4n) is 7.08. The molecule has 0 saturated heterocycles. The summed E-state index contributed by atoms with van der Waals surface area (Å²) in [6.45, 7) is 6.31. The normalized spacial score (nSPS) is 12.9. The van der Waals surface area contributed by atoms with Gasteiger partial charge in [-0.2, -0.15) is 0 Å². The summed E-state index contributed by atoms with van der Waals surface area (Å²) < 4.78 is 16.7. The second kappa shape index (κ2) is 52.0. The lowest BCUT2D eigenvalue weighted by Crippen LogP contribution is -2.30. The Balaban J connectivity index is 4.47. The highest BCUT2D eigenvalue weighted by atomic mass is 16.6. The van der Waals surface area contributed by atoms with Gasteiger partial charge in [0, 0.05) is 19.3 Å². The van der Waals surface area contributed by atoms with Gasteiger partial charge in [-0.15, -0.1) is 0 Å². The maximum absolute atomic E-state index is 12.8. The number of ether oxygens (including phenoxy) is 3. The van der Waals surface area contributed by atoms with Crippen molar-refractivity contribution in [2.24, 2.45) is 0 Å². The average Bonchev–Trinajstić information content (AvgIpc) is 3.29. The number of carbonyl (C=O) groups is 3. The van der Waals surface area contributed by atoms with E-state index in [-0.39, 0.29) is 37.5 Å². The van der Waals surface area contributed by atoms with Crippen LogP contribution in [0.25, 0.3) is 0 Å². The second-order valence-electron chi connectivity index (χ2n) is 17.2. The Labute approximate surface area is 394 Å². The molecule has 0 fully saturated rings. The number of rotatable bonds is 46. The third-order valence-corrected chi connectivity index (χ3v) is 11.0. The van der Waals surface area contributed by atoms with Crippen LogP contribution in [0.1, 0.15) is 233 Å². The van der Waals surface area contributed by atoms with Gasteiger partial charge in [0.1, 0.15) is 13.2 Å². The number of carbonyl (C=O) groups excluding carboxylic acids is 3. The van der Waals surface area contributed by atoms with Gasteiger partial charge in [0.2, 0.25) is 0 Å². The lowest BCUT2D eigenvalue weighted by atomic mass is 10.0. The average molecular weight is 889 g/mol. The predicted molar refractivity (Wildman–Crippen MR) is 274 cm³/mol. The molecule has 0 amide bonds. The molecule has 0 N–H and O–H groups in total. The van der Waals surface area contributed by atoms with E-state index < -0.39 is 6.10 Å². The standard InChI is InChI=1S/C58H96O6/c1-4-7-10-13-16-19-22-25-27-29-31-33-36-39-42-45-48-51-57(60)63-54-55(53-62-56(59)50-47-44-41-38-35-32-24-21-18-15-12-9-6-3)64-58(61)52-49-46-43-40-37-34-30-28-26-23-20-17-14-11-8-5-2/h8-9,11-12,15,17-18,20-21,24,26,28,32,35,38,41,55H,4-7,10,13-14,16,19,22-23,25,27,29-31,33-34,36-37,39-40,42-54H2,1-3H3/b11-8-,12-9-,18-15-,20-17-,24-21-,28-26-,35-32-,41-38-. The Hall–Kier alpha value is -3.67. The maximum Gasteiger partial charge on any atom is 0.306 e. The molecule has 0 aliphatic rings. The van der Waals surface area contributed by atoms with Crippen molar-refractivity contribution in [3.63, 3.8) is 0 Å². The smallest absolute Gasteiger partial charge is 0.306 e. The molecule has 0 aromatic heterocycles. The maximum atomic E-state index is 12.8. The minimum atomic E-state index is -0.812. The van der Waals surface area contributed by atoms with Crippen LogP contribution in [0.3, 0.4) is 0 Å². The minimum absolute atomic E-state index is 0.105. The van der Waals surface area contributed by atoms with E-state index >= 15 is 0 Å². The molecular weight excluding hydrogens is 793 g/mol. The summed E-state index contributed by atoms with van der Waals surface area (Å²) in [6.07, 6.45) is 68.3. The summed E-state index contributed by atoms with van der Waals surface area (Å²) in [7, 11) is 0. The third kappa shape index (κ3) is 49.3. The van der Waals surface area contributed by atoms with Crippen LogP contribution in [0.5, 0.6) is 0 Å². The highest BCUT2D eigenvalue weighted by Gasteiger charge is 2.19. The Bertz CT molecular complexity index is 1300. The van der Waals surface area contributed by atoms with Gasteiger partial charge in [-0.3, -0.25) is 14.4 Å². The quantitative estimate of drug-likeness (QED) is 0.0199. The minimum Gasteiger partial charge on any atom is -0.462 e. The number of esters is 3. The lowest BCUT2D eigenvalue weighted by molar-refractivity contribution is -0.167. The largest absolute Gasteiger partial charge is 0.462 e. The van der Waals surface area contributed by atoms with Crippen LogP contribution in [0.4, 0.5) is 0 Å². The summed E-state index contributed by atoms with van der Waals surface area (Å²) in [6, 6.07) is 0. The van der Waals surface area contributed by atoms with E-state index in [0.29, 0.717) is 19.3 Å². The first kappa shape index (κ1) is 60.3. The molecule has 6 nitrogen and oxygen atoms in total. The molecule has 0 spiro atoms. The fraction of sp³-hybridized carbons (Fsp3) is 0.672. The summed E-state index contributed by atoms with van der Waals surface area (Å²) in [5.74, 6) is -0.995. The van der Waals surface area contributed by atoms with Gasteiger partial charge in [0.15, 0.2) is 6.10 Å². The molecule has 0 rings (SSSR count). The molecule has 1 unspecified atom stereocenters. The predicted octanol–water partition coefficient (Wildman–Crippen LogP) is 17.4. The third-order valence-electron chi connectivity index (χ3n) is 11.0. The van der Waals surface area contributed by atoms with Crippen LogP contribution in [-0.2, 0) is 28.6 Å². The van der Waals surface area contributed by atoms with Crippen molar-refractivity contribution in [2.75, 3.05) is 13.2 Å². The molecule has 1 atom stereocenters. The Kier molecular flexibility index (Phi) is 49.0. The highest BCUT2D eigenvalue weighted by molar-refractivity contribution is 5.71. The second-order valence-corrected chi connectivity index (χ2v) is 17.2. The molecule has 364 valence electrons. The highest BCUT2D eigenvalue weighted by Crippen LogP contribution is 2.15. The van der Waals surface area contributed by atoms with Gasteiger partial charge in [-0.1, -0.05) is 246 Å². The van der Waals surface area contributed by atoms with Crippen LogP contribution in [0.2, 0.25) is 0 Å². The molecule has 6 heteroatoms. The Morgan fingerprint density at radius 3 is 1.19 bits per heavy atom. The van der Waals surface area contributed by atoms with E-state index in [9.17, 15) is 14.4 Å². The molecule has 0 aromatic carbocycles. The summed E-state index contributed by atoms with van der Waals surface area (Å²) in [5, 5.41) is 0. The molecule has 0 saturated carbocycles. The van der Waals surface area contributed by atoms with Gasteiger partial charge in [0.25, 0.3) is 0 Å². The van der Waals surface area contributed by atoms with Gasteiger partial charge in [-0.05, 0) is 64.2 Å². The van der Waals surface area contributed by atoms with Crippen molar-refractivity contribution < 1.29 is 28.6 Å². The van der Waals surface area contributed by atoms with Crippen molar-refractivity contribution in [1.29, 1.82) is 0 Å². The first-order chi connectivity index (χ1) is 31.5. The van der Waals surface area contributed by atoms with Crippen molar-refractivity contribution in [1.82, 2.24) is 0 Å². The summed E-state index contributed by atoms with van der Waals surface area (Å²) in [5.41, 5.74) is 0. The van der Waals surface area contributed by atoms with E-state index in [1.54, 1.807) is 0 Å². The number of hydrogen-bond acceptors (Lipinski definition) is 6. The number of allylic oxidation sites excluding steroid dienone is 16. The number of unbranched alkanes of at least 4 members (excludes halogenated alkanes) is 23. The zero-order valence-corrected chi connectivity index (χ0v) is 41.5. The molecule has 0 bridgehead atoms. The molecular formula is C58H96O6. The topological polar surface area (TPSA) is 78.9 Å². The van der Waals surface area contributed by atoms with Crippen molar-refractivity contribution in [3.05, 3.63) is 97.2 Å². The van der Waals surface area contributed by atoms with Crippen LogP contribution in [-0.4, -0.2) is 37.2 Å². The van der Waals surface area contributed by atoms with Crippen molar-refractivity contribution >= 4 is 17.9 Å². The molecule has 0 aliphatic heterocycles. The SMILES string of the molecule is CC\C=C/C=C\C=C/C=C\C=C/CCCC(=O)OCC(COC(=O)CCCCCCCCCCCCCCCCCCC)OC(=O)CCCCCCCC/C=C\C/C=C\C/C=C\CC. The monoisotopic (exact) mass is 889 g/mol. The molecule has 0 heterocycles. The van der Waals surface area contributed by atoms with E-state index in [1.165, 1.54) is 103 Å². The van der Waals surface area contributed by atoms with Crippen LogP contribution >= 0.6 is 0 Å². The Morgan fingerprint density at radius 2 is 0.703 bits per heavy atom. The lowest BCUT2D eigenvalue weighted by Gasteiger charge is -2.18. The van der Waals surface area contributed by atoms with Gasteiger partial charge >= 0.3 is 17.9 Å². The van der Waals surface area contributed by atoms with Crippen molar-refractivity contribution in [2.45, 2.75) is 239 Å². The van der Waals surface area contributed by atoms with E-state index in [4.69, 9.17) is 14.2 Å². The zero-order valence-electron chi connectivity index (χ0n) is 41.5. The number of hydrogen-bond donors (Lipinski definition) is 0. The van der Waals surface area contributed by atoms with Gasteiger partial charge in [-0.25, -0.2) is 0 Å².